The molecule has 0 saturated heterocycles. The van der Waals surface area contributed by atoms with Gasteiger partial charge in [0.25, 0.3) is 0 Å². The van der Waals surface area contributed by atoms with E-state index in [0.717, 1.165) is 61.9 Å². The second-order valence-corrected chi connectivity index (χ2v) is 18.0. The maximum atomic E-state index is 3.38. The Labute approximate surface area is 416 Å². The van der Waals surface area contributed by atoms with Gasteiger partial charge in [0.2, 0.25) is 0 Å². The van der Waals surface area contributed by atoms with Crippen LogP contribution in [-0.2, 0) is 0 Å². The van der Waals surface area contributed by atoms with Gasteiger partial charge in [0, 0.05) is 57.5 Å². The quantitative estimate of drug-likeness (QED) is 0.120. The number of fused-ring (bicyclic) bond motifs is 3. The van der Waals surface area contributed by atoms with Gasteiger partial charge in [-0.1, -0.05) is 194 Å². The summed E-state index contributed by atoms with van der Waals surface area (Å²) in [6.07, 6.45) is 8.14. The molecule has 1 aromatic heterocycles. The molecule has 3 heteroatoms. The maximum absolute atomic E-state index is 3.38. The Morgan fingerprint density at radius 3 is 1.56 bits per heavy atom. The Balaban J connectivity index is 0.882. The number of benzene rings is 10. The van der Waals surface area contributed by atoms with Gasteiger partial charge in [-0.3, -0.25) is 0 Å². The number of aromatic nitrogens is 1. The smallest absolute Gasteiger partial charge is 0.0639 e. The van der Waals surface area contributed by atoms with E-state index in [1.807, 2.05) is 12.2 Å². The van der Waals surface area contributed by atoms with Crippen molar-refractivity contribution in [3.05, 3.63) is 279 Å². The molecule has 10 aromatic carbocycles. The molecule has 1 aliphatic rings. The minimum atomic E-state index is 0.0570. The van der Waals surface area contributed by atoms with Gasteiger partial charge in [0.05, 0.1) is 17.0 Å². The Morgan fingerprint density at radius 2 is 0.915 bits per heavy atom. The molecular weight excluding hydrogens is 859 g/mol. The van der Waals surface area contributed by atoms with Crippen LogP contribution in [0.15, 0.2) is 273 Å². The van der Waals surface area contributed by atoms with Crippen LogP contribution >= 0.6 is 0 Å². The summed E-state index contributed by atoms with van der Waals surface area (Å²) in [5, 5.41) is 2.52. The van der Waals surface area contributed by atoms with Crippen molar-refractivity contribution in [2.24, 2.45) is 0 Å². The number of allylic oxidation sites excluding steroid dienone is 4. The Kier molecular flexibility index (Phi) is 11.5. The Bertz CT molecular complexity index is 3770. The number of rotatable bonds is 11. The van der Waals surface area contributed by atoms with Crippen LogP contribution in [-0.4, -0.2) is 11.6 Å². The number of para-hydroxylation sites is 3. The van der Waals surface area contributed by atoms with E-state index >= 15 is 0 Å². The summed E-state index contributed by atoms with van der Waals surface area (Å²) in [4.78, 5) is 4.64. The fourth-order valence-electron chi connectivity index (χ4n) is 10.1. The van der Waals surface area contributed by atoms with Crippen molar-refractivity contribution in [3.63, 3.8) is 0 Å². The lowest BCUT2D eigenvalue weighted by atomic mass is 9.95. The first kappa shape index (κ1) is 43.0. The molecule has 71 heavy (non-hydrogen) atoms. The zero-order valence-corrected chi connectivity index (χ0v) is 39.4. The largest absolute Gasteiger partial charge is 0.344 e. The molecule has 1 heterocycles. The van der Waals surface area contributed by atoms with Gasteiger partial charge in [0.1, 0.15) is 0 Å². The van der Waals surface area contributed by atoms with E-state index in [2.05, 4.69) is 294 Å². The minimum absolute atomic E-state index is 0.0570. The van der Waals surface area contributed by atoms with Crippen molar-refractivity contribution in [1.82, 2.24) is 4.57 Å². The van der Waals surface area contributed by atoms with Crippen molar-refractivity contribution in [1.29, 1.82) is 0 Å². The predicted molar refractivity (Wildman–Crippen MR) is 301 cm³/mol. The molecule has 0 N–H and O–H groups in total. The first-order chi connectivity index (χ1) is 35.1. The lowest BCUT2D eigenvalue weighted by molar-refractivity contribution is 1.13. The molecule has 0 radical (unpaired) electrons. The van der Waals surface area contributed by atoms with Crippen LogP contribution in [0.4, 0.5) is 28.4 Å². The van der Waals surface area contributed by atoms with Crippen LogP contribution in [0, 0.1) is 11.8 Å². The van der Waals surface area contributed by atoms with Crippen molar-refractivity contribution >= 4 is 50.2 Å². The molecule has 1 unspecified atom stereocenters. The highest BCUT2D eigenvalue weighted by molar-refractivity contribution is 6.09. The molecule has 1 aliphatic carbocycles. The van der Waals surface area contributed by atoms with Crippen molar-refractivity contribution in [3.8, 4) is 62.0 Å². The zero-order valence-electron chi connectivity index (χ0n) is 39.4. The van der Waals surface area contributed by atoms with Gasteiger partial charge in [0.15, 0.2) is 0 Å². The lowest BCUT2D eigenvalue weighted by Crippen LogP contribution is -2.10. The average Bonchev–Trinajstić information content (AvgIpc) is 3.54. The second kappa shape index (κ2) is 19.0. The molecule has 336 valence electrons. The van der Waals surface area contributed by atoms with Crippen LogP contribution < -0.4 is 9.80 Å². The van der Waals surface area contributed by atoms with Gasteiger partial charge in [-0.25, -0.2) is 0 Å². The summed E-state index contributed by atoms with van der Waals surface area (Å²) < 4.78 is 2.38. The summed E-state index contributed by atoms with van der Waals surface area (Å²) in [5.74, 6) is 6.60. The maximum Gasteiger partial charge on any atom is 0.0639 e. The normalized spacial score (nSPS) is 12.9. The van der Waals surface area contributed by atoms with E-state index in [1.165, 1.54) is 44.1 Å². The summed E-state index contributed by atoms with van der Waals surface area (Å²) in [7, 11) is 2.15. The van der Waals surface area contributed by atoms with E-state index < -0.39 is 0 Å². The van der Waals surface area contributed by atoms with Crippen molar-refractivity contribution < 1.29 is 0 Å². The highest BCUT2D eigenvalue weighted by atomic mass is 15.1. The SMILES string of the molecule is CN(c1cccc(-c2ccc(N(c3ccc(-c4cccc(C5C#CC=CC=C5)c4)cc3)c3ccc(-c4cccc(-n5c6ccccc6c6ccccc65)c4)cc3)cc2)c1)c1ccccc1-c1ccccc1. The number of nitrogens with zero attached hydrogens (tertiary/aromatic N) is 3. The standard InChI is InChI=1S/C68H49N3/c1-69(66-31-12-9-28-63(66)53-20-7-4-8-21-53)61-26-16-24-56(47-61)51-36-42-59(43-37-51)70(58-40-34-50(35-41-58)55-23-15-22-54(46-55)49-18-5-2-3-6-19-49)60-44-38-52(39-45-60)57-25-17-27-62(48-57)71-67-32-13-10-29-64(67)65-30-11-14-33-68(65)71/h2-5,7-18,20-49H,1H3. The molecule has 3 nitrogen and oxygen atoms in total. The summed E-state index contributed by atoms with van der Waals surface area (Å²) in [6.45, 7) is 0. The third-order valence-electron chi connectivity index (χ3n) is 13.7. The number of anilines is 5. The molecule has 11 aromatic rings. The zero-order chi connectivity index (χ0) is 47.5. The van der Waals surface area contributed by atoms with Gasteiger partial charge >= 0.3 is 0 Å². The Morgan fingerprint density at radius 1 is 0.394 bits per heavy atom. The molecular formula is C68H49N3. The fourth-order valence-corrected chi connectivity index (χ4v) is 10.1. The molecule has 0 amide bonds. The molecule has 0 bridgehead atoms. The van der Waals surface area contributed by atoms with Gasteiger partial charge in [-0.15, -0.1) is 0 Å². The fraction of sp³-hybridized carbons (Fsp3) is 0.0294. The average molecular weight is 908 g/mol. The van der Waals surface area contributed by atoms with Crippen LogP contribution in [0.1, 0.15) is 11.5 Å². The lowest BCUT2D eigenvalue weighted by Gasteiger charge is -2.26. The van der Waals surface area contributed by atoms with Crippen molar-refractivity contribution in [2.45, 2.75) is 5.92 Å². The molecule has 0 fully saturated rings. The Hall–Kier alpha value is -9.36. The van der Waals surface area contributed by atoms with E-state index in [1.54, 1.807) is 0 Å². The van der Waals surface area contributed by atoms with Crippen LogP contribution in [0.25, 0.3) is 72.0 Å². The van der Waals surface area contributed by atoms with E-state index in [-0.39, 0.29) is 5.92 Å². The third kappa shape index (κ3) is 8.50. The van der Waals surface area contributed by atoms with Crippen LogP contribution in [0.2, 0.25) is 0 Å². The molecule has 0 spiro atoms. The molecule has 0 saturated carbocycles. The molecule has 0 aliphatic heterocycles. The predicted octanol–water partition coefficient (Wildman–Crippen LogP) is 17.9. The van der Waals surface area contributed by atoms with Gasteiger partial charge in [-0.2, -0.15) is 0 Å². The van der Waals surface area contributed by atoms with Gasteiger partial charge in [-0.05, 0) is 136 Å². The van der Waals surface area contributed by atoms with E-state index in [0.29, 0.717) is 0 Å². The van der Waals surface area contributed by atoms with E-state index in [4.69, 9.17) is 0 Å². The number of hydrogen-bond donors (Lipinski definition) is 0. The first-order valence-corrected chi connectivity index (χ1v) is 24.3. The minimum Gasteiger partial charge on any atom is -0.344 e. The second-order valence-electron chi connectivity index (χ2n) is 18.0. The molecule has 1 atom stereocenters. The highest BCUT2D eigenvalue weighted by Crippen LogP contribution is 2.40. The van der Waals surface area contributed by atoms with Crippen LogP contribution in [0.5, 0.6) is 0 Å². The topological polar surface area (TPSA) is 11.4 Å². The highest BCUT2D eigenvalue weighted by Gasteiger charge is 2.17. The monoisotopic (exact) mass is 907 g/mol. The summed E-state index contributed by atoms with van der Waals surface area (Å²) >= 11 is 0. The third-order valence-corrected chi connectivity index (χ3v) is 13.7. The summed E-state index contributed by atoms with van der Waals surface area (Å²) in [5.41, 5.74) is 19.6. The number of hydrogen-bond acceptors (Lipinski definition) is 2. The van der Waals surface area contributed by atoms with Crippen molar-refractivity contribution in [2.75, 3.05) is 16.8 Å². The van der Waals surface area contributed by atoms with Gasteiger partial charge < -0.3 is 14.4 Å². The first-order valence-electron chi connectivity index (χ1n) is 24.3. The van der Waals surface area contributed by atoms with E-state index in [9.17, 15) is 0 Å². The summed E-state index contributed by atoms with van der Waals surface area (Å²) in [6, 6.07) is 90.0. The molecule has 12 rings (SSSR count). The van der Waals surface area contributed by atoms with Crippen LogP contribution in [0.3, 0.4) is 0 Å².